The van der Waals surface area contributed by atoms with E-state index in [1.165, 1.54) is 76.9 Å². The third kappa shape index (κ3) is 3.59. The molecule has 2 heteroatoms. The second-order valence-corrected chi connectivity index (χ2v) is 12.1. The minimum Gasteiger partial charge on any atom is -0.456 e. The molecule has 0 atom stereocenters. The summed E-state index contributed by atoms with van der Waals surface area (Å²) in [6.07, 6.45) is 0. The maximum atomic E-state index is 6.38. The molecule has 0 fully saturated rings. The van der Waals surface area contributed by atoms with Gasteiger partial charge in [-0.3, -0.25) is 0 Å². The topological polar surface area (TPSA) is 14.2 Å². The summed E-state index contributed by atoms with van der Waals surface area (Å²) in [6, 6.07) is 59.0. The number of aromatic nitrogens is 1. The van der Waals surface area contributed by atoms with Crippen molar-refractivity contribution in [2.75, 3.05) is 0 Å². The lowest BCUT2D eigenvalue weighted by Gasteiger charge is -2.22. The van der Waals surface area contributed by atoms with Crippen LogP contribution >= 0.6 is 0 Å². The summed E-state index contributed by atoms with van der Waals surface area (Å²) in [5, 5.41) is 7.46. The van der Waals surface area contributed by atoms with Crippen LogP contribution in [-0.2, 0) is 0 Å². The van der Waals surface area contributed by atoms with E-state index in [1.807, 2.05) is 12.1 Å². The molecule has 1 aliphatic rings. The molecule has 2 nitrogen and oxygen atoms in total. The van der Waals surface area contributed by atoms with Crippen LogP contribution in [0.4, 0.5) is 0 Å². The molecule has 0 bridgehead atoms. The van der Waals surface area contributed by atoms with Crippen molar-refractivity contribution in [3.8, 4) is 50.6 Å². The van der Waals surface area contributed by atoms with E-state index in [1.54, 1.807) is 0 Å². The fourth-order valence-corrected chi connectivity index (χ4v) is 7.62. The Morgan fingerprint density at radius 1 is 0.348 bits per heavy atom. The summed E-state index contributed by atoms with van der Waals surface area (Å²) in [6.45, 7) is 0. The zero-order chi connectivity index (χ0) is 30.2. The third-order valence-corrected chi connectivity index (χ3v) is 9.59. The Labute approximate surface area is 266 Å². The highest BCUT2D eigenvalue weighted by atomic mass is 16.5. The Bertz CT molecular complexity index is 2660. The highest BCUT2D eigenvalue weighted by molar-refractivity contribution is 6.23. The van der Waals surface area contributed by atoms with Gasteiger partial charge in [0.05, 0.1) is 11.0 Å². The van der Waals surface area contributed by atoms with Crippen molar-refractivity contribution in [3.63, 3.8) is 0 Å². The lowest BCUT2D eigenvalue weighted by molar-refractivity contribution is 0.487. The Hall–Kier alpha value is -6.12. The number of para-hydroxylation sites is 3. The van der Waals surface area contributed by atoms with Crippen LogP contribution in [0.1, 0.15) is 0 Å². The summed E-state index contributed by atoms with van der Waals surface area (Å²) in [4.78, 5) is 0. The normalized spacial score (nSPS) is 12.1. The van der Waals surface area contributed by atoms with E-state index in [2.05, 4.69) is 156 Å². The molecule has 0 amide bonds. The molecule has 214 valence electrons. The second-order valence-electron chi connectivity index (χ2n) is 12.1. The van der Waals surface area contributed by atoms with Crippen LogP contribution < -0.4 is 4.74 Å². The fraction of sp³-hybridized carbons (Fsp3) is 0. The van der Waals surface area contributed by atoms with E-state index < -0.39 is 0 Å². The van der Waals surface area contributed by atoms with E-state index in [9.17, 15) is 0 Å². The molecule has 10 rings (SSSR count). The number of rotatable bonds is 3. The highest BCUT2D eigenvalue weighted by Crippen LogP contribution is 2.49. The first-order valence-electron chi connectivity index (χ1n) is 15.8. The summed E-state index contributed by atoms with van der Waals surface area (Å²) < 4.78 is 8.76. The zero-order valence-electron chi connectivity index (χ0n) is 24.9. The molecule has 46 heavy (non-hydrogen) atoms. The maximum Gasteiger partial charge on any atom is 0.135 e. The van der Waals surface area contributed by atoms with Crippen LogP contribution in [0.5, 0.6) is 11.5 Å². The quantitative estimate of drug-likeness (QED) is 0.201. The Morgan fingerprint density at radius 3 is 1.91 bits per heavy atom. The number of hydrogen-bond acceptors (Lipinski definition) is 1. The largest absolute Gasteiger partial charge is 0.456 e. The van der Waals surface area contributed by atoms with Gasteiger partial charge < -0.3 is 9.30 Å². The average molecular weight is 586 g/mol. The van der Waals surface area contributed by atoms with Gasteiger partial charge in [0.15, 0.2) is 0 Å². The van der Waals surface area contributed by atoms with Crippen molar-refractivity contribution in [2.45, 2.75) is 0 Å². The van der Waals surface area contributed by atoms with Gasteiger partial charge >= 0.3 is 0 Å². The van der Waals surface area contributed by atoms with Gasteiger partial charge in [0.25, 0.3) is 0 Å². The van der Waals surface area contributed by atoms with Gasteiger partial charge in [-0.15, -0.1) is 0 Å². The van der Waals surface area contributed by atoms with E-state index >= 15 is 0 Å². The van der Waals surface area contributed by atoms with Crippen LogP contribution in [0.3, 0.4) is 0 Å². The van der Waals surface area contributed by atoms with Crippen LogP contribution in [0.25, 0.3) is 82.4 Å². The Kier molecular flexibility index (Phi) is 5.31. The minimum absolute atomic E-state index is 0.911. The van der Waals surface area contributed by atoms with Crippen molar-refractivity contribution in [1.82, 2.24) is 4.57 Å². The van der Waals surface area contributed by atoms with Crippen LogP contribution in [0.2, 0.25) is 0 Å². The lowest BCUT2D eigenvalue weighted by Crippen LogP contribution is -1.97. The molecule has 0 unspecified atom stereocenters. The first-order chi connectivity index (χ1) is 22.8. The average Bonchev–Trinajstić information content (AvgIpc) is 3.47. The van der Waals surface area contributed by atoms with E-state index in [0.29, 0.717) is 0 Å². The first kappa shape index (κ1) is 25.2. The van der Waals surface area contributed by atoms with Gasteiger partial charge in [-0.25, -0.2) is 0 Å². The van der Waals surface area contributed by atoms with Gasteiger partial charge in [0.2, 0.25) is 0 Å². The molecule has 0 saturated carbocycles. The molecule has 2 heterocycles. The molecule has 0 radical (unpaired) electrons. The predicted molar refractivity (Wildman–Crippen MR) is 192 cm³/mol. The highest BCUT2D eigenvalue weighted by Gasteiger charge is 2.21. The molecule has 1 aliphatic heterocycles. The Morgan fingerprint density at radius 2 is 1.02 bits per heavy atom. The maximum absolute atomic E-state index is 6.38. The van der Waals surface area contributed by atoms with Gasteiger partial charge in [-0.05, 0) is 86.4 Å². The molecular formula is C44H27NO. The molecule has 9 aromatic rings. The van der Waals surface area contributed by atoms with Crippen LogP contribution in [0, 0.1) is 0 Å². The second kappa shape index (κ2) is 9.69. The van der Waals surface area contributed by atoms with Crippen LogP contribution in [0.15, 0.2) is 164 Å². The molecular weight excluding hydrogens is 558 g/mol. The Balaban J connectivity index is 1.17. The molecule has 0 saturated heterocycles. The molecule has 0 aliphatic carbocycles. The number of fused-ring (bicyclic) bond motifs is 7. The van der Waals surface area contributed by atoms with Gasteiger partial charge in [-0.2, -0.15) is 0 Å². The summed E-state index contributed by atoms with van der Waals surface area (Å²) >= 11 is 0. The predicted octanol–water partition coefficient (Wildman–Crippen LogP) is 12.2. The van der Waals surface area contributed by atoms with Crippen molar-refractivity contribution in [2.24, 2.45) is 0 Å². The summed E-state index contributed by atoms with van der Waals surface area (Å²) in [5.41, 5.74) is 10.8. The number of nitrogens with zero attached hydrogens (tertiary/aromatic N) is 1. The van der Waals surface area contributed by atoms with Gasteiger partial charge in [0, 0.05) is 27.4 Å². The standard InChI is InChI=1S/C44H27NO/c1-2-13-30(14-3-1)45-39-21-6-4-16-38(39)43-36-19-9-17-31(33(36)23-25-40(43)45)28-11-8-12-29(27-28)32-24-26-42-44-35(32)18-10-20-37(44)34-15-5-7-22-41(34)46-42/h1-27H. The fourth-order valence-electron chi connectivity index (χ4n) is 7.62. The third-order valence-electron chi connectivity index (χ3n) is 9.59. The SMILES string of the molecule is c1ccc(-n2c3ccccc3c3c4cccc(-c5cccc(-c6ccc7c8c(cccc68)-c6ccccc6O7)c5)c4ccc32)cc1. The lowest BCUT2D eigenvalue weighted by atomic mass is 9.89. The summed E-state index contributed by atoms with van der Waals surface area (Å²) in [5.74, 6) is 1.83. The molecule has 8 aromatic carbocycles. The van der Waals surface area contributed by atoms with E-state index in [4.69, 9.17) is 4.74 Å². The zero-order valence-corrected chi connectivity index (χ0v) is 24.9. The monoisotopic (exact) mass is 585 g/mol. The smallest absolute Gasteiger partial charge is 0.135 e. The van der Waals surface area contributed by atoms with E-state index in [-0.39, 0.29) is 0 Å². The van der Waals surface area contributed by atoms with Crippen molar-refractivity contribution >= 4 is 43.4 Å². The number of benzene rings is 8. The van der Waals surface area contributed by atoms with Crippen LogP contribution in [-0.4, -0.2) is 4.57 Å². The minimum atomic E-state index is 0.911. The van der Waals surface area contributed by atoms with Crippen molar-refractivity contribution < 1.29 is 4.74 Å². The molecule has 0 spiro atoms. The van der Waals surface area contributed by atoms with E-state index in [0.717, 1.165) is 17.1 Å². The van der Waals surface area contributed by atoms with Crippen molar-refractivity contribution in [1.29, 1.82) is 0 Å². The van der Waals surface area contributed by atoms with Gasteiger partial charge in [-0.1, -0.05) is 121 Å². The first-order valence-corrected chi connectivity index (χ1v) is 15.8. The number of hydrogen-bond donors (Lipinski definition) is 0. The van der Waals surface area contributed by atoms with Crippen molar-refractivity contribution in [3.05, 3.63) is 164 Å². The summed E-state index contributed by atoms with van der Waals surface area (Å²) in [7, 11) is 0. The number of ether oxygens (including phenoxy) is 1. The van der Waals surface area contributed by atoms with Gasteiger partial charge in [0.1, 0.15) is 11.5 Å². The molecule has 0 N–H and O–H groups in total. The molecule has 1 aromatic heterocycles.